The van der Waals surface area contributed by atoms with E-state index < -0.39 is 0 Å². The average Bonchev–Trinajstić information content (AvgIpc) is 3.33. The van der Waals surface area contributed by atoms with E-state index in [0.717, 1.165) is 55.6 Å². The van der Waals surface area contributed by atoms with Gasteiger partial charge in [0.25, 0.3) is 0 Å². The average molecular weight is 407 g/mol. The van der Waals surface area contributed by atoms with Crippen LogP contribution in [0.5, 0.6) is 0 Å². The number of H-pyrrole nitrogens is 1. The predicted octanol–water partition coefficient (Wildman–Crippen LogP) is 2.90. The van der Waals surface area contributed by atoms with Crippen LogP contribution >= 0.6 is 0 Å². The van der Waals surface area contributed by atoms with Crippen LogP contribution in [0.4, 0.5) is 10.1 Å². The number of halogens is 1. The number of piperazine rings is 1. The third kappa shape index (κ3) is 4.59. The molecule has 1 aliphatic rings. The number of nitrogens with zero attached hydrogens (tertiary/aromatic N) is 5. The van der Waals surface area contributed by atoms with Crippen molar-refractivity contribution in [3.05, 3.63) is 66.2 Å². The van der Waals surface area contributed by atoms with E-state index in [4.69, 9.17) is 4.99 Å². The molecular weight excluding hydrogens is 381 g/mol. The first kappa shape index (κ1) is 19.9. The van der Waals surface area contributed by atoms with Crippen molar-refractivity contribution < 1.29 is 4.39 Å². The quantitative estimate of drug-likeness (QED) is 0.503. The Kier molecular flexibility index (Phi) is 6.22. The third-order valence-corrected chi connectivity index (χ3v) is 5.13. The Morgan fingerprint density at radius 2 is 1.97 bits per heavy atom. The summed E-state index contributed by atoms with van der Waals surface area (Å²) in [7, 11) is 0. The molecule has 1 aromatic heterocycles. The zero-order valence-electron chi connectivity index (χ0n) is 17.1. The lowest BCUT2D eigenvalue weighted by Gasteiger charge is -2.37. The number of anilines is 1. The zero-order valence-corrected chi connectivity index (χ0v) is 17.1. The fourth-order valence-corrected chi connectivity index (χ4v) is 3.62. The van der Waals surface area contributed by atoms with Gasteiger partial charge in [0.15, 0.2) is 11.8 Å². The van der Waals surface area contributed by atoms with Gasteiger partial charge in [0.2, 0.25) is 0 Å². The predicted molar refractivity (Wildman–Crippen MR) is 117 cm³/mol. The maximum Gasteiger partial charge on any atom is 0.194 e. The lowest BCUT2D eigenvalue weighted by molar-refractivity contribution is 0.370. The SMILES string of the molecule is CCNC(=NCc1cccc(-c2ncn[nH]2)c1)N1CCN(c2ccccc2F)CC1. The first-order valence-electron chi connectivity index (χ1n) is 10.2. The summed E-state index contributed by atoms with van der Waals surface area (Å²) in [5.74, 6) is 1.46. The summed E-state index contributed by atoms with van der Waals surface area (Å²) in [6.45, 7) is 6.52. The maximum atomic E-state index is 14.1. The highest BCUT2D eigenvalue weighted by Gasteiger charge is 2.21. The molecule has 0 radical (unpaired) electrons. The fourth-order valence-electron chi connectivity index (χ4n) is 3.62. The van der Waals surface area contributed by atoms with Gasteiger partial charge in [-0.2, -0.15) is 5.10 Å². The van der Waals surface area contributed by atoms with Gasteiger partial charge in [0.05, 0.1) is 12.2 Å². The van der Waals surface area contributed by atoms with E-state index in [1.165, 1.54) is 12.4 Å². The Morgan fingerprint density at radius 3 is 2.70 bits per heavy atom. The molecule has 1 aliphatic heterocycles. The van der Waals surface area contributed by atoms with Crippen molar-refractivity contribution in [3.63, 3.8) is 0 Å². The van der Waals surface area contributed by atoms with Crippen molar-refractivity contribution in [2.24, 2.45) is 4.99 Å². The van der Waals surface area contributed by atoms with Crippen LogP contribution in [-0.2, 0) is 6.54 Å². The van der Waals surface area contributed by atoms with Crippen molar-refractivity contribution in [1.82, 2.24) is 25.4 Å². The highest BCUT2D eigenvalue weighted by molar-refractivity contribution is 5.80. The molecule has 30 heavy (non-hydrogen) atoms. The number of aromatic nitrogens is 3. The first-order valence-corrected chi connectivity index (χ1v) is 10.2. The van der Waals surface area contributed by atoms with Crippen molar-refractivity contribution >= 4 is 11.6 Å². The second-order valence-corrected chi connectivity index (χ2v) is 7.13. The molecule has 1 saturated heterocycles. The Bertz CT molecular complexity index is 979. The molecule has 2 heterocycles. The van der Waals surface area contributed by atoms with Gasteiger partial charge in [0, 0.05) is 38.3 Å². The van der Waals surface area contributed by atoms with Crippen LogP contribution in [-0.4, -0.2) is 58.8 Å². The van der Waals surface area contributed by atoms with Crippen LogP contribution in [0.2, 0.25) is 0 Å². The fraction of sp³-hybridized carbons (Fsp3) is 0.318. The summed E-state index contributed by atoms with van der Waals surface area (Å²) >= 11 is 0. The number of aromatic amines is 1. The van der Waals surface area contributed by atoms with E-state index in [-0.39, 0.29) is 5.82 Å². The number of aliphatic imine (C=N–C) groups is 1. The standard InChI is InChI=1S/C22H26FN7/c1-2-24-22(25-15-17-6-5-7-18(14-17)21-26-16-27-28-21)30-12-10-29(11-13-30)20-9-4-3-8-19(20)23/h3-9,14,16H,2,10-13,15H2,1H3,(H,24,25)(H,26,27,28). The summed E-state index contributed by atoms with van der Waals surface area (Å²) in [6.07, 6.45) is 1.50. The van der Waals surface area contributed by atoms with Crippen molar-refractivity contribution in [1.29, 1.82) is 0 Å². The molecular formula is C22H26FN7. The van der Waals surface area contributed by atoms with Crippen molar-refractivity contribution in [3.8, 4) is 11.4 Å². The van der Waals surface area contributed by atoms with Crippen molar-refractivity contribution in [2.75, 3.05) is 37.6 Å². The highest BCUT2D eigenvalue weighted by Crippen LogP contribution is 2.20. The van der Waals surface area contributed by atoms with Crippen LogP contribution in [0.25, 0.3) is 11.4 Å². The zero-order chi connectivity index (χ0) is 20.8. The maximum absolute atomic E-state index is 14.1. The molecule has 2 N–H and O–H groups in total. The van der Waals surface area contributed by atoms with E-state index in [2.05, 4.69) is 49.4 Å². The van der Waals surface area contributed by atoms with Gasteiger partial charge in [-0.3, -0.25) is 5.10 Å². The van der Waals surface area contributed by atoms with E-state index in [9.17, 15) is 4.39 Å². The van der Waals surface area contributed by atoms with Gasteiger partial charge in [-0.1, -0.05) is 30.3 Å². The van der Waals surface area contributed by atoms with Crippen LogP contribution in [0, 0.1) is 5.82 Å². The van der Waals surface area contributed by atoms with E-state index in [1.807, 2.05) is 24.3 Å². The molecule has 8 heteroatoms. The largest absolute Gasteiger partial charge is 0.366 e. The first-order chi connectivity index (χ1) is 14.7. The molecule has 7 nitrogen and oxygen atoms in total. The summed E-state index contributed by atoms with van der Waals surface area (Å²) in [5, 5.41) is 10.2. The topological polar surface area (TPSA) is 72.4 Å². The minimum Gasteiger partial charge on any atom is -0.366 e. The lowest BCUT2D eigenvalue weighted by atomic mass is 10.1. The minimum absolute atomic E-state index is 0.168. The van der Waals surface area contributed by atoms with Crippen LogP contribution in [0.3, 0.4) is 0 Å². The number of nitrogens with one attached hydrogen (secondary N) is 2. The molecule has 1 fully saturated rings. The number of hydrogen-bond donors (Lipinski definition) is 2. The molecule has 156 valence electrons. The molecule has 2 aromatic carbocycles. The molecule has 0 bridgehead atoms. The number of rotatable bonds is 5. The Labute approximate surface area is 175 Å². The van der Waals surface area contributed by atoms with Crippen LogP contribution < -0.4 is 10.2 Å². The molecule has 3 aromatic rings. The van der Waals surface area contributed by atoms with E-state index in [0.29, 0.717) is 12.2 Å². The van der Waals surface area contributed by atoms with Gasteiger partial charge in [-0.15, -0.1) is 0 Å². The monoisotopic (exact) mass is 407 g/mol. The molecule has 0 unspecified atom stereocenters. The molecule has 0 saturated carbocycles. The Hall–Kier alpha value is -3.42. The number of hydrogen-bond acceptors (Lipinski definition) is 4. The molecule has 0 aliphatic carbocycles. The van der Waals surface area contributed by atoms with E-state index in [1.54, 1.807) is 6.07 Å². The Balaban J connectivity index is 1.42. The Morgan fingerprint density at radius 1 is 1.13 bits per heavy atom. The van der Waals surface area contributed by atoms with Gasteiger partial charge in [-0.25, -0.2) is 14.4 Å². The molecule has 4 rings (SSSR count). The molecule has 0 spiro atoms. The van der Waals surface area contributed by atoms with Gasteiger partial charge >= 0.3 is 0 Å². The normalized spacial score (nSPS) is 14.8. The number of benzene rings is 2. The van der Waals surface area contributed by atoms with Crippen molar-refractivity contribution in [2.45, 2.75) is 13.5 Å². The van der Waals surface area contributed by atoms with Crippen LogP contribution in [0.15, 0.2) is 59.9 Å². The van der Waals surface area contributed by atoms with Gasteiger partial charge < -0.3 is 15.1 Å². The number of guanidine groups is 1. The van der Waals surface area contributed by atoms with Gasteiger partial charge in [-0.05, 0) is 30.7 Å². The van der Waals surface area contributed by atoms with E-state index >= 15 is 0 Å². The summed E-state index contributed by atoms with van der Waals surface area (Å²) < 4.78 is 14.1. The lowest BCUT2D eigenvalue weighted by Crippen LogP contribution is -2.52. The molecule has 0 amide bonds. The second kappa shape index (κ2) is 9.39. The second-order valence-electron chi connectivity index (χ2n) is 7.13. The highest BCUT2D eigenvalue weighted by atomic mass is 19.1. The summed E-state index contributed by atoms with van der Waals surface area (Å²) in [5.41, 5.74) is 2.76. The minimum atomic E-state index is -0.168. The third-order valence-electron chi connectivity index (χ3n) is 5.13. The smallest absolute Gasteiger partial charge is 0.194 e. The summed E-state index contributed by atoms with van der Waals surface area (Å²) in [4.78, 5) is 13.4. The number of para-hydroxylation sites is 1. The summed E-state index contributed by atoms with van der Waals surface area (Å²) in [6, 6.07) is 15.1. The molecule has 0 atom stereocenters. The van der Waals surface area contributed by atoms with Gasteiger partial charge in [0.1, 0.15) is 12.1 Å². The van der Waals surface area contributed by atoms with Crippen LogP contribution in [0.1, 0.15) is 12.5 Å².